The Bertz CT molecular complexity index is 771. The molecule has 2 nitrogen and oxygen atoms in total. The van der Waals surface area contributed by atoms with E-state index in [0.717, 1.165) is 21.9 Å². The first-order chi connectivity index (χ1) is 9.66. The van der Waals surface area contributed by atoms with E-state index in [1.807, 2.05) is 48.5 Å². The molecular weight excluding hydrogens is 270 g/mol. The van der Waals surface area contributed by atoms with Gasteiger partial charge in [0.05, 0.1) is 0 Å². The number of hydrogen-bond donors (Lipinski definition) is 2. The molecule has 0 spiro atoms. The molecule has 3 aromatic rings. The van der Waals surface area contributed by atoms with Crippen LogP contribution in [0.3, 0.4) is 0 Å². The number of fused-ring (bicyclic) bond motifs is 1. The third-order valence-corrected chi connectivity index (χ3v) is 3.70. The second-order valence-corrected chi connectivity index (χ2v) is 5.05. The summed E-state index contributed by atoms with van der Waals surface area (Å²) < 4.78 is 0. The average Bonchev–Trinajstić information content (AvgIpc) is 2.48. The summed E-state index contributed by atoms with van der Waals surface area (Å²) >= 11 is 6.22. The molecule has 0 bridgehead atoms. The molecule has 0 unspecified atom stereocenters. The molecule has 0 aliphatic rings. The second-order valence-electron chi connectivity index (χ2n) is 4.64. The molecule has 0 saturated heterocycles. The van der Waals surface area contributed by atoms with Gasteiger partial charge in [0.15, 0.2) is 0 Å². The molecule has 0 saturated carbocycles. The lowest BCUT2D eigenvalue weighted by atomic mass is 9.79. The zero-order valence-electron chi connectivity index (χ0n) is 10.6. The van der Waals surface area contributed by atoms with Crippen LogP contribution in [-0.2, 0) is 0 Å². The summed E-state index contributed by atoms with van der Waals surface area (Å²) in [5.41, 5.74) is 2.43. The Balaban J connectivity index is 2.25. The molecule has 4 heteroatoms. The molecule has 0 radical (unpaired) electrons. The average molecular weight is 283 g/mol. The third kappa shape index (κ3) is 2.31. The fraction of sp³-hybridized carbons (Fsp3) is 0. The van der Waals surface area contributed by atoms with E-state index in [2.05, 4.69) is 0 Å². The minimum absolute atomic E-state index is 0.474. The highest BCUT2D eigenvalue weighted by Crippen LogP contribution is 2.32. The Hall–Kier alpha value is -1.81. The zero-order valence-corrected chi connectivity index (χ0v) is 11.4. The van der Waals surface area contributed by atoms with Gasteiger partial charge in [-0.1, -0.05) is 66.2 Å². The highest BCUT2D eigenvalue weighted by atomic mass is 35.5. The van der Waals surface area contributed by atoms with Crippen LogP contribution in [0.1, 0.15) is 0 Å². The molecule has 0 heterocycles. The summed E-state index contributed by atoms with van der Waals surface area (Å²) in [4.78, 5) is 0. The minimum Gasteiger partial charge on any atom is -0.423 e. The van der Waals surface area contributed by atoms with Gasteiger partial charge in [0.1, 0.15) is 0 Å². The quantitative estimate of drug-likeness (QED) is 0.710. The van der Waals surface area contributed by atoms with E-state index in [4.69, 9.17) is 11.6 Å². The van der Waals surface area contributed by atoms with E-state index in [1.54, 1.807) is 12.1 Å². The summed E-state index contributed by atoms with van der Waals surface area (Å²) in [6.45, 7) is 0. The van der Waals surface area contributed by atoms with Crippen LogP contribution in [0.25, 0.3) is 21.9 Å². The molecule has 0 amide bonds. The SMILES string of the molecule is OB(O)c1cccc(-c2ccc(Cl)c3ccccc23)c1. The Morgan fingerprint density at radius 1 is 0.800 bits per heavy atom. The third-order valence-electron chi connectivity index (χ3n) is 3.37. The number of rotatable bonds is 2. The molecule has 2 N–H and O–H groups in total. The topological polar surface area (TPSA) is 40.5 Å². The summed E-state index contributed by atoms with van der Waals surface area (Å²) in [7, 11) is -1.46. The summed E-state index contributed by atoms with van der Waals surface area (Å²) in [6.07, 6.45) is 0. The van der Waals surface area contributed by atoms with Crippen LogP contribution in [-0.4, -0.2) is 17.2 Å². The van der Waals surface area contributed by atoms with Gasteiger partial charge in [-0.3, -0.25) is 0 Å². The van der Waals surface area contributed by atoms with Crippen LogP contribution < -0.4 is 5.46 Å². The highest BCUT2D eigenvalue weighted by molar-refractivity contribution is 6.58. The Morgan fingerprint density at radius 2 is 1.55 bits per heavy atom. The lowest BCUT2D eigenvalue weighted by Crippen LogP contribution is -2.29. The van der Waals surface area contributed by atoms with E-state index < -0.39 is 7.12 Å². The van der Waals surface area contributed by atoms with E-state index in [0.29, 0.717) is 10.5 Å². The van der Waals surface area contributed by atoms with Gasteiger partial charge in [-0.15, -0.1) is 0 Å². The van der Waals surface area contributed by atoms with Crippen LogP contribution in [0.5, 0.6) is 0 Å². The second kappa shape index (κ2) is 5.29. The molecule has 3 aromatic carbocycles. The molecule has 98 valence electrons. The van der Waals surface area contributed by atoms with Crippen LogP contribution in [0.2, 0.25) is 5.02 Å². The number of hydrogen-bond acceptors (Lipinski definition) is 2. The fourth-order valence-corrected chi connectivity index (χ4v) is 2.61. The Kier molecular flexibility index (Phi) is 3.49. The number of benzene rings is 3. The van der Waals surface area contributed by atoms with Crippen LogP contribution in [0, 0.1) is 0 Å². The molecule has 20 heavy (non-hydrogen) atoms. The molecule has 0 fully saturated rings. The van der Waals surface area contributed by atoms with Crippen molar-refractivity contribution in [1.82, 2.24) is 0 Å². The van der Waals surface area contributed by atoms with Crippen molar-refractivity contribution >= 4 is 35.0 Å². The number of halogens is 1. The first-order valence-electron chi connectivity index (χ1n) is 6.30. The first kappa shape index (κ1) is 13.2. The molecule has 0 aromatic heterocycles. The van der Waals surface area contributed by atoms with Gasteiger partial charge >= 0.3 is 7.12 Å². The van der Waals surface area contributed by atoms with Crippen LogP contribution in [0.4, 0.5) is 0 Å². The summed E-state index contributed by atoms with van der Waals surface area (Å²) in [5, 5.41) is 21.3. The largest absolute Gasteiger partial charge is 0.488 e. The maximum absolute atomic E-state index is 9.29. The minimum atomic E-state index is -1.46. The maximum Gasteiger partial charge on any atom is 0.488 e. The van der Waals surface area contributed by atoms with Gasteiger partial charge < -0.3 is 10.0 Å². The predicted molar refractivity (Wildman–Crippen MR) is 84.2 cm³/mol. The van der Waals surface area contributed by atoms with Crippen molar-refractivity contribution in [2.24, 2.45) is 0 Å². The van der Waals surface area contributed by atoms with Crippen molar-refractivity contribution in [3.8, 4) is 11.1 Å². The maximum atomic E-state index is 9.29. The van der Waals surface area contributed by atoms with E-state index in [1.165, 1.54) is 0 Å². The van der Waals surface area contributed by atoms with Gasteiger partial charge in [0.2, 0.25) is 0 Å². The van der Waals surface area contributed by atoms with Crippen LogP contribution in [0.15, 0.2) is 60.7 Å². The molecule has 0 atom stereocenters. The van der Waals surface area contributed by atoms with Gasteiger partial charge in [0.25, 0.3) is 0 Å². The van der Waals surface area contributed by atoms with Crippen LogP contribution >= 0.6 is 11.6 Å². The molecular formula is C16H12BClO2. The Labute approximate surface area is 122 Å². The smallest absolute Gasteiger partial charge is 0.423 e. The lowest BCUT2D eigenvalue weighted by Gasteiger charge is -2.10. The zero-order chi connectivity index (χ0) is 14.1. The van der Waals surface area contributed by atoms with Crippen molar-refractivity contribution < 1.29 is 10.0 Å². The van der Waals surface area contributed by atoms with Crippen molar-refractivity contribution in [1.29, 1.82) is 0 Å². The molecule has 3 rings (SSSR count). The first-order valence-corrected chi connectivity index (χ1v) is 6.68. The monoisotopic (exact) mass is 282 g/mol. The van der Waals surface area contributed by atoms with Gasteiger partial charge in [0, 0.05) is 10.4 Å². The highest BCUT2D eigenvalue weighted by Gasteiger charge is 2.12. The van der Waals surface area contributed by atoms with E-state index >= 15 is 0 Å². The van der Waals surface area contributed by atoms with Gasteiger partial charge in [-0.05, 0) is 28.0 Å². The van der Waals surface area contributed by atoms with Crippen molar-refractivity contribution in [2.75, 3.05) is 0 Å². The van der Waals surface area contributed by atoms with Gasteiger partial charge in [-0.25, -0.2) is 0 Å². The lowest BCUT2D eigenvalue weighted by molar-refractivity contribution is 0.426. The van der Waals surface area contributed by atoms with Crippen molar-refractivity contribution in [3.05, 3.63) is 65.7 Å². The Morgan fingerprint density at radius 3 is 2.30 bits per heavy atom. The van der Waals surface area contributed by atoms with Crippen molar-refractivity contribution in [2.45, 2.75) is 0 Å². The predicted octanol–water partition coefficient (Wildman–Crippen LogP) is 2.84. The van der Waals surface area contributed by atoms with Gasteiger partial charge in [-0.2, -0.15) is 0 Å². The standard InChI is InChI=1S/C16H12BClO2/c18-16-9-8-13(14-6-1-2-7-15(14)16)11-4-3-5-12(10-11)17(19)20/h1-10,19-20H. The fourth-order valence-electron chi connectivity index (χ4n) is 2.38. The summed E-state index contributed by atoms with van der Waals surface area (Å²) in [6, 6.07) is 18.9. The normalized spacial score (nSPS) is 10.8. The molecule has 0 aliphatic carbocycles. The van der Waals surface area contributed by atoms with Crippen molar-refractivity contribution in [3.63, 3.8) is 0 Å². The van der Waals surface area contributed by atoms with E-state index in [9.17, 15) is 10.0 Å². The van der Waals surface area contributed by atoms with E-state index in [-0.39, 0.29) is 0 Å². The summed E-state index contributed by atoms with van der Waals surface area (Å²) in [5.74, 6) is 0. The molecule has 0 aliphatic heterocycles.